The second-order valence-corrected chi connectivity index (χ2v) is 15.3. The van der Waals surface area contributed by atoms with Crippen LogP contribution >= 0.6 is 0 Å². The molecule has 8 rings (SSSR count). The number of fused-ring (bicyclic) bond motifs is 1. The second-order valence-electron chi connectivity index (χ2n) is 15.3. The number of amides is 4. The largest absolute Gasteiger partial charge is 0.495 e. The number of carbonyl (C=O) groups excluding carboxylic acids is 4. The maximum atomic E-state index is 15.5. The van der Waals surface area contributed by atoms with Crippen LogP contribution in [0.3, 0.4) is 0 Å². The number of aryl methyl sites for hydroxylation is 1. The quantitative estimate of drug-likeness (QED) is 0.259. The first-order valence-corrected chi connectivity index (χ1v) is 19.1. The molecule has 3 aromatic rings. The standard InChI is InChI=1S/C39H48FN9O5/c1-44-23-25(21-42-44)27-18-31(41)35(54-2)20-33(27)47-11-7-26(8-12-47)46-15-13-45(14-16-46)22-24-5-9-48(10-6-24)34-19-29-28(17-30(34)40)38(52)49(39(29)53)32-3-4-36(50)43-37(32)51/h17-21,23-24,26,32H,3-16,22,41H2,1-2H3,(H,43,50,51). The molecule has 1 aromatic heterocycles. The Kier molecular flexibility index (Phi) is 9.77. The van der Waals surface area contributed by atoms with Gasteiger partial charge in [0.2, 0.25) is 11.8 Å². The van der Waals surface area contributed by atoms with Crippen LogP contribution in [-0.4, -0.2) is 126 Å². The summed E-state index contributed by atoms with van der Waals surface area (Å²) >= 11 is 0. The van der Waals surface area contributed by atoms with E-state index >= 15 is 4.39 Å². The number of aromatic nitrogens is 2. The minimum atomic E-state index is -1.08. The molecule has 3 N–H and O–H groups in total. The number of anilines is 3. The summed E-state index contributed by atoms with van der Waals surface area (Å²) in [4.78, 5) is 61.0. The first-order chi connectivity index (χ1) is 26.1. The van der Waals surface area contributed by atoms with Crippen molar-refractivity contribution in [2.75, 3.05) is 81.5 Å². The van der Waals surface area contributed by atoms with Crippen molar-refractivity contribution in [1.29, 1.82) is 0 Å². The van der Waals surface area contributed by atoms with Gasteiger partial charge in [0.25, 0.3) is 11.8 Å². The normalized spacial score (nSPS) is 22.3. The highest BCUT2D eigenvalue weighted by Crippen LogP contribution is 2.40. The maximum absolute atomic E-state index is 15.5. The Morgan fingerprint density at radius 2 is 1.50 bits per heavy atom. The molecule has 5 aliphatic rings. The van der Waals surface area contributed by atoms with Crippen molar-refractivity contribution in [2.24, 2.45) is 13.0 Å². The lowest BCUT2D eigenvalue weighted by molar-refractivity contribution is -0.136. The van der Waals surface area contributed by atoms with Crippen LogP contribution in [0, 0.1) is 11.7 Å². The molecular formula is C39H48FN9O5. The lowest BCUT2D eigenvalue weighted by Crippen LogP contribution is -2.54. The second kappa shape index (κ2) is 14.7. The fourth-order valence-corrected chi connectivity index (χ4v) is 9.04. The summed E-state index contributed by atoms with van der Waals surface area (Å²) in [5.74, 6) is -1.82. The molecule has 0 spiro atoms. The van der Waals surface area contributed by atoms with Gasteiger partial charge in [0, 0.05) is 107 Å². The Morgan fingerprint density at radius 3 is 2.15 bits per heavy atom. The van der Waals surface area contributed by atoms with Gasteiger partial charge in [-0.05, 0) is 56.2 Å². The zero-order chi connectivity index (χ0) is 37.7. The molecular weight excluding hydrogens is 693 g/mol. The predicted octanol–water partition coefficient (Wildman–Crippen LogP) is 2.72. The summed E-state index contributed by atoms with van der Waals surface area (Å²) in [6.45, 7) is 8.37. The van der Waals surface area contributed by atoms with E-state index in [0.29, 0.717) is 42.2 Å². The summed E-state index contributed by atoms with van der Waals surface area (Å²) in [6, 6.07) is 6.12. The third kappa shape index (κ3) is 6.79. The molecule has 1 unspecified atom stereocenters. The van der Waals surface area contributed by atoms with E-state index < -0.39 is 35.5 Å². The van der Waals surface area contributed by atoms with Crippen molar-refractivity contribution in [3.05, 3.63) is 53.6 Å². The van der Waals surface area contributed by atoms with E-state index in [0.717, 1.165) is 99.3 Å². The van der Waals surface area contributed by atoms with E-state index in [2.05, 4.69) is 31.2 Å². The SMILES string of the molecule is COc1cc(N2CCC(N3CCN(CC4CCN(c5cc6c(cc5F)C(=O)N(C5CCC(=O)NC5=O)C6=O)CC4)CC3)CC2)c(-c2cnn(C)c2)cc1N. The summed E-state index contributed by atoms with van der Waals surface area (Å²) < 4.78 is 22.8. The topological polar surface area (TPSA) is 150 Å². The van der Waals surface area contributed by atoms with Crippen LogP contribution in [0.5, 0.6) is 5.75 Å². The summed E-state index contributed by atoms with van der Waals surface area (Å²) in [5, 5.41) is 6.58. The zero-order valence-corrected chi connectivity index (χ0v) is 30.9. The van der Waals surface area contributed by atoms with Crippen LogP contribution < -0.4 is 25.6 Å². The van der Waals surface area contributed by atoms with E-state index in [1.54, 1.807) is 7.11 Å². The number of methoxy groups -OCH3 is 1. The molecule has 4 saturated heterocycles. The number of benzene rings is 2. The number of piperidine rings is 3. The van der Waals surface area contributed by atoms with Gasteiger partial charge < -0.3 is 25.2 Å². The van der Waals surface area contributed by atoms with Crippen LogP contribution in [0.4, 0.5) is 21.5 Å². The molecule has 0 bridgehead atoms. The minimum Gasteiger partial charge on any atom is -0.495 e. The van der Waals surface area contributed by atoms with Crippen LogP contribution in [0.1, 0.15) is 59.2 Å². The molecule has 286 valence electrons. The molecule has 0 aliphatic carbocycles. The first-order valence-electron chi connectivity index (χ1n) is 19.1. The van der Waals surface area contributed by atoms with E-state index in [4.69, 9.17) is 10.5 Å². The van der Waals surface area contributed by atoms with Crippen molar-refractivity contribution in [2.45, 2.75) is 50.6 Å². The van der Waals surface area contributed by atoms with Crippen LogP contribution in [0.2, 0.25) is 0 Å². The molecule has 1 atom stereocenters. The smallest absolute Gasteiger partial charge is 0.262 e. The fourth-order valence-electron chi connectivity index (χ4n) is 9.04. The number of ether oxygens (including phenoxy) is 1. The predicted molar refractivity (Wildman–Crippen MR) is 201 cm³/mol. The third-order valence-electron chi connectivity index (χ3n) is 12.1. The minimum absolute atomic E-state index is 0.0328. The number of halogens is 1. The van der Waals surface area contributed by atoms with Gasteiger partial charge >= 0.3 is 0 Å². The van der Waals surface area contributed by atoms with Gasteiger partial charge in [0.15, 0.2) is 0 Å². The fraction of sp³-hybridized carbons (Fsp3) is 0.513. The lowest BCUT2D eigenvalue weighted by atomic mass is 9.94. The van der Waals surface area contributed by atoms with Crippen LogP contribution in [-0.2, 0) is 16.6 Å². The number of piperazine rings is 1. The maximum Gasteiger partial charge on any atom is 0.262 e. The van der Waals surface area contributed by atoms with Crippen molar-refractivity contribution in [3.8, 4) is 16.9 Å². The van der Waals surface area contributed by atoms with Crippen molar-refractivity contribution in [1.82, 2.24) is 29.8 Å². The number of nitrogen functional groups attached to an aromatic ring is 1. The molecule has 4 fully saturated rings. The molecule has 0 radical (unpaired) electrons. The molecule has 15 heteroatoms. The van der Waals surface area contributed by atoms with Gasteiger partial charge in [-0.3, -0.25) is 39.0 Å². The first kappa shape index (κ1) is 36.0. The van der Waals surface area contributed by atoms with Gasteiger partial charge in [-0.15, -0.1) is 0 Å². The Bertz CT molecular complexity index is 1960. The van der Waals surface area contributed by atoms with E-state index in [-0.39, 0.29) is 24.0 Å². The van der Waals surface area contributed by atoms with Gasteiger partial charge in [-0.1, -0.05) is 0 Å². The van der Waals surface area contributed by atoms with Crippen molar-refractivity contribution in [3.63, 3.8) is 0 Å². The number of nitrogens with zero attached hydrogens (tertiary/aromatic N) is 7. The summed E-state index contributed by atoms with van der Waals surface area (Å²) in [6.07, 6.45) is 7.97. The molecule has 5 aliphatic heterocycles. The molecule has 6 heterocycles. The summed E-state index contributed by atoms with van der Waals surface area (Å²) in [5.41, 5.74) is 10.5. The third-order valence-corrected chi connectivity index (χ3v) is 12.1. The number of imide groups is 2. The number of rotatable bonds is 8. The average molecular weight is 742 g/mol. The number of nitrogens with two attached hydrogens (primary N) is 1. The molecule has 0 saturated carbocycles. The van der Waals surface area contributed by atoms with E-state index in [1.807, 2.05) is 35.1 Å². The Morgan fingerprint density at radius 1 is 0.833 bits per heavy atom. The number of hydrogen-bond acceptors (Lipinski definition) is 11. The number of carbonyl (C=O) groups is 4. The van der Waals surface area contributed by atoms with Gasteiger partial charge in [0.1, 0.15) is 17.6 Å². The number of nitrogens with one attached hydrogen (secondary N) is 1. The Labute approximate surface area is 313 Å². The lowest BCUT2D eigenvalue weighted by Gasteiger charge is -2.44. The zero-order valence-electron chi connectivity index (χ0n) is 30.9. The Balaban J connectivity index is 0.819. The van der Waals surface area contributed by atoms with Gasteiger partial charge in [0.05, 0.1) is 35.8 Å². The van der Waals surface area contributed by atoms with Crippen LogP contribution in [0.25, 0.3) is 11.1 Å². The molecule has 14 nitrogen and oxygen atoms in total. The highest BCUT2D eigenvalue weighted by Gasteiger charge is 2.45. The molecule has 4 amide bonds. The average Bonchev–Trinajstić information content (AvgIpc) is 3.71. The van der Waals surface area contributed by atoms with Crippen molar-refractivity contribution >= 4 is 40.7 Å². The highest BCUT2D eigenvalue weighted by molar-refractivity contribution is 6.23. The van der Waals surface area contributed by atoms with E-state index in [1.165, 1.54) is 6.07 Å². The molecule has 2 aromatic carbocycles. The number of hydrogen-bond donors (Lipinski definition) is 2. The van der Waals surface area contributed by atoms with Gasteiger partial charge in [-0.25, -0.2) is 4.39 Å². The monoisotopic (exact) mass is 741 g/mol. The van der Waals surface area contributed by atoms with Crippen molar-refractivity contribution < 1.29 is 28.3 Å². The highest BCUT2D eigenvalue weighted by atomic mass is 19.1. The Hall–Kier alpha value is -5.02. The van der Waals surface area contributed by atoms with Gasteiger partial charge in [-0.2, -0.15) is 5.10 Å². The molecule has 54 heavy (non-hydrogen) atoms. The summed E-state index contributed by atoms with van der Waals surface area (Å²) in [7, 11) is 3.57. The van der Waals surface area contributed by atoms with E-state index in [9.17, 15) is 19.2 Å². The van der Waals surface area contributed by atoms with Crippen LogP contribution in [0.15, 0.2) is 36.7 Å².